The van der Waals surface area contributed by atoms with E-state index in [1.54, 1.807) is 31.4 Å². The van der Waals surface area contributed by atoms with E-state index in [1.165, 1.54) is 0 Å². The topological polar surface area (TPSA) is 47.6 Å². The number of nitrogens with one attached hydrogen (secondary N) is 1. The summed E-state index contributed by atoms with van der Waals surface area (Å²) in [5.74, 6) is 1.14. The Hall–Kier alpha value is -2.20. The van der Waals surface area contributed by atoms with Crippen LogP contribution < -0.4 is 10.1 Å². The van der Waals surface area contributed by atoms with Crippen LogP contribution in [-0.2, 0) is 17.2 Å². The van der Waals surface area contributed by atoms with Gasteiger partial charge in [-0.05, 0) is 23.3 Å². The SMILES string of the molecule is COc1cccc(NC(=O)OCc2ccc(CCl)cc2)c1. The largest absolute Gasteiger partial charge is 0.497 e. The van der Waals surface area contributed by atoms with E-state index in [9.17, 15) is 4.79 Å². The number of amides is 1. The highest BCUT2D eigenvalue weighted by Gasteiger charge is 2.04. The molecule has 0 radical (unpaired) electrons. The standard InChI is InChI=1S/C16H16ClNO3/c1-20-15-4-2-3-14(9-15)18-16(19)21-11-13-7-5-12(10-17)6-8-13/h2-9H,10-11H2,1H3,(H,18,19). The summed E-state index contributed by atoms with van der Waals surface area (Å²) in [6.45, 7) is 0.207. The first kappa shape index (κ1) is 15.2. The number of carbonyl (C=O) groups is 1. The van der Waals surface area contributed by atoms with Crippen LogP contribution in [-0.4, -0.2) is 13.2 Å². The summed E-state index contributed by atoms with van der Waals surface area (Å²) < 4.78 is 10.2. The smallest absolute Gasteiger partial charge is 0.411 e. The third-order valence-electron chi connectivity index (χ3n) is 2.86. The van der Waals surface area contributed by atoms with Gasteiger partial charge in [0.2, 0.25) is 0 Å². The van der Waals surface area contributed by atoms with E-state index in [0.29, 0.717) is 17.3 Å². The van der Waals surface area contributed by atoms with E-state index in [2.05, 4.69) is 5.32 Å². The molecule has 4 nitrogen and oxygen atoms in total. The molecule has 0 aliphatic carbocycles. The van der Waals surface area contributed by atoms with Crippen molar-refractivity contribution in [3.05, 3.63) is 59.7 Å². The number of anilines is 1. The lowest BCUT2D eigenvalue weighted by Gasteiger charge is -2.08. The van der Waals surface area contributed by atoms with Gasteiger partial charge < -0.3 is 9.47 Å². The summed E-state index contributed by atoms with van der Waals surface area (Å²) in [7, 11) is 1.57. The van der Waals surface area contributed by atoms with Gasteiger partial charge in [0, 0.05) is 17.6 Å². The maximum Gasteiger partial charge on any atom is 0.411 e. The Morgan fingerprint density at radius 3 is 2.52 bits per heavy atom. The highest BCUT2D eigenvalue weighted by atomic mass is 35.5. The fourth-order valence-corrected chi connectivity index (χ4v) is 1.91. The molecule has 2 rings (SSSR count). The molecule has 0 aliphatic rings. The summed E-state index contributed by atoms with van der Waals surface area (Å²) in [5.41, 5.74) is 2.56. The Labute approximate surface area is 128 Å². The maximum atomic E-state index is 11.7. The minimum absolute atomic E-state index is 0.207. The van der Waals surface area contributed by atoms with Crippen LogP contribution in [0.4, 0.5) is 10.5 Å². The highest BCUT2D eigenvalue weighted by molar-refractivity contribution is 6.17. The molecule has 0 heterocycles. The van der Waals surface area contributed by atoms with Crippen LogP contribution in [0.25, 0.3) is 0 Å². The van der Waals surface area contributed by atoms with Crippen molar-refractivity contribution in [2.24, 2.45) is 0 Å². The van der Waals surface area contributed by atoms with Crippen molar-refractivity contribution in [2.75, 3.05) is 12.4 Å². The van der Waals surface area contributed by atoms with Crippen LogP contribution in [0.5, 0.6) is 5.75 Å². The summed E-state index contributed by atoms with van der Waals surface area (Å²) in [6.07, 6.45) is -0.510. The highest BCUT2D eigenvalue weighted by Crippen LogP contribution is 2.17. The molecule has 2 aromatic rings. The molecular formula is C16H16ClNO3. The first-order valence-electron chi connectivity index (χ1n) is 6.43. The molecule has 0 unspecified atom stereocenters. The van der Waals surface area contributed by atoms with Crippen molar-refractivity contribution in [1.82, 2.24) is 0 Å². The molecule has 0 saturated heterocycles. The number of halogens is 1. The number of ether oxygens (including phenoxy) is 2. The van der Waals surface area contributed by atoms with Gasteiger partial charge in [0.05, 0.1) is 7.11 Å². The summed E-state index contributed by atoms with van der Waals surface area (Å²) in [5, 5.41) is 2.65. The van der Waals surface area contributed by atoms with E-state index in [4.69, 9.17) is 21.1 Å². The molecule has 0 aliphatic heterocycles. The van der Waals surface area contributed by atoms with Gasteiger partial charge in [0.25, 0.3) is 0 Å². The first-order valence-corrected chi connectivity index (χ1v) is 6.96. The van der Waals surface area contributed by atoms with Crippen LogP contribution in [0.15, 0.2) is 48.5 Å². The average molecular weight is 306 g/mol. The number of carbonyl (C=O) groups excluding carboxylic acids is 1. The fourth-order valence-electron chi connectivity index (χ4n) is 1.73. The van der Waals surface area contributed by atoms with Gasteiger partial charge in [0.1, 0.15) is 12.4 Å². The normalized spacial score (nSPS) is 10.0. The van der Waals surface area contributed by atoms with Gasteiger partial charge in [-0.15, -0.1) is 11.6 Å². The Balaban J connectivity index is 1.86. The van der Waals surface area contributed by atoms with Gasteiger partial charge in [0.15, 0.2) is 0 Å². The Bertz CT molecular complexity index is 599. The monoisotopic (exact) mass is 305 g/mol. The molecule has 1 N–H and O–H groups in total. The molecule has 1 amide bonds. The lowest BCUT2D eigenvalue weighted by atomic mass is 10.2. The van der Waals surface area contributed by atoms with Crippen molar-refractivity contribution >= 4 is 23.4 Å². The van der Waals surface area contributed by atoms with Crippen LogP contribution >= 0.6 is 11.6 Å². The zero-order valence-electron chi connectivity index (χ0n) is 11.6. The second kappa shape index (κ2) is 7.55. The van der Waals surface area contributed by atoms with Crippen molar-refractivity contribution in [2.45, 2.75) is 12.5 Å². The van der Waals surface area contributed by atoms with Gasteiger partial charge in [-0.2, -0.15) is 0 Å². The second-order valence-corrected chi connectivity index (χ2v) is 4.65. The molecule has 0 saturated carbocycles. The minimum atomic E-state index is -0.510. The lowest BCUT2D eigenvalue weighted by Crippen LogP contribution is -2.13. The first-order chi connectivity index (χ1) is 10.2. The van der Waals surface area contributed by atoms with E-state index in [1.807, 2.05) is 24.3 Å². The van der Waals surface area contributed by atoms with Gasteiger partial charge >= 0.3 is 6.09 Å². The van der Waals surface area contributed by atoms with Gasteiger partial charge in [-0.1, -0.05) is 30.3 Å². The number of benzene rings is 2. The van der Waals surface area contributed by atoms with Crippen LogP contribution in [0.2, 0.25) is 0 Å². The number of hydrogen-bond acceptors (Lipinski definition) is 3. The maximum absolute atomic E-state index is 11.7. The van der Waals surface area contributed by atoms with Crippen molar-refractivity contribution in [3.8, 4) is 5.75 Å². The minimum Gasteiger partial charge on any atom is -0.497 e. The van der Waals surface area contributed by atoms with Crippen LogP contribution in [0.1, 0.15) is 11.1 Å². The van der Waals surface area contributed by atoms with Crippen LogP contribution in [0.3, 0.4) is 0 Å². The lowest BCUT2D eigenvalue weighted by molar-refractivity contribution is 0.155. The van der Waals surface area contributed by atoms with Crippen molar-refractivity contribution < 1.29 is 14.3 Å². The summed E-state index contributed by atoms with van der Waals surface area (Å²) >= 11 is 5.72. The van der Waals surface area contributed by atoms with Gasteiger partial charge in [-0.25, -0.2) is 4.79 Å². The molecule has 2 aromatic carbocycles. The zero-order chi connectivity index (χ0) is 15.1. The molecule has 110 valence electrons. The zero-order valence-corrected chi connectivity index (χ0v) is 12.4. The Kier molecular flexibility index (Phi) is 5.46. The van der Waals surface area contributed by atoms with E-state index < -0.39 is 6.09 Å². The average Bonchev–Trinajstić information content (AvgIpc) is 2.53. The molecule has 0 aromatic heterocycles. The predicted octanol–water partition coefficient (Wildman–Crippen LogP) is 4.18. The molecule has 0 atom stereocenters. The summed E-state index contributed by atoms with van der Waals surface area (Å²) in [6, 6.07) is 14.7. The molecule has 0 bridgehead atoms. The third kappa shape index (κ3) is 4.68. The summed E-state index contributed by atoms with van der Waals surface area (Å²) in [4.78, 5) is 11.7. The van der Waals surface area contributed by atoms with E-state index in [-0.39, 0.29) is 6.61 Å². The van der Waals surface area contributed by atoms with E-state index in [0.717, 1.165) is 11.1 Å². The van der Waals surface area contributed by atoms with Crippen molar-refractivity contribution in [1.29, 1.82) is 0 Å². The second-order valence-electron chi connectivity index (χ2n) is 4.38. The molecular weight excluding hydrogens is 290 g/mol. The number of rotatable bonds is 5. The number of methoxy groups -OCH3 is 1. The molecule has 21 heavy (non-hydrogen) atoms. The van der Waals surface area contributed by atoms with Crippen LogP contribution in [0, 0.1) is 0 Å². The molecule has 0 spiro atoms. The number of alkyl halides is 1. The predicted molar refractivity (Wildman–Crippen MR) is 82.8 cm³/mol. The number of hydrogen-bond donors (Lipinski definition) is 1. The van der Waals surface area contributed by atoms with E-state index >= 15 is 0 Å². The quantitative estimate of drug-likeness (QED) is 0.843. The third-order valence-corrected chi connectivity index (χ3v) is 3.17. The Morgan fingerprint density at radius 1 is 1.14 bits per heavy atom. The van der Waals surface area contributed by atoms with Gasteiger partial charge in [-0.3, -0.25) is 5.32 Å². The fraction of sp³-hybridized carbons (Fsp3) is 0.188. The van der Waals surface area contributed by atoms with Crippen molar-refractivity contribution in [3.63, 3.8) is 0 Å². The molecule has 5 heteroatoms. The molecule has 0 fully saturated rings. The Morgan fingerprint density at radius 2 is 1.86 bits per heavy atom.